The van der Waals surface area contributed by atoms with Crippen molar-refractivity contribution in [1.82, 2.24) is 0 Å². The lowest BCUT2D eigenvalue weighted by Gasteiger charge is -2.19. The smallest absolute Gasteiger partial charge is 0.306 e. The second-order valence-electron chi connectivity index (χ2n) is 4.18. The number of rotatable bonds is 5. The maximum atomic E-state index is 11.2. The summed E-state index contributed by atoms with van der Waals surface area (Å²) in [6.07, 6.45) is 1.16. The number of carbonyl (C=O) groups is 2. The molecule has 0 aromatic heterocycles. The second kappa shape index (κ2) is 5.75. The number of Topliss-reactive ketones (excluding diaryl/α,β-unsaturated/α-hetero) is 1. The van der Waals surface area contributed by atoms with Gasteiger partial charge in [-0.3, -0.25) is 9.59 Å². The fraction of sp³-hybridized carbons (Fsp3) is 0.800. The van der Waals surface area contributed by atoms with Crippen LogP contribution < -0.4 is 5.73 Å². The van der Waals surface area contributed by atoms with Gasteiger partial charge in [0.15, 0.2) is 0 Å². The monoisotopic (exact) mass is 201 g/mol. The highest BCUT2D eigenvalue weighted by Gasteiger charge is 2.15. The summed E-state index contributed by atoms with van der Waals surface area (Å²) in [5.41, 5.74) is 4.68. The van der Waals surface area contributed by atoms with E-state index in [0.29, 0.717) is 12.8 Å². The molecular weight excluding hydrogens is 182 g/mol. The van der Waals surface area contributed by atoms with Crippen LogP contribution in [0.4, 0.5) is 0 Å². The van der Waals surface area contributed by atoms with Crippen molar-refractivity contribution in [2.45, 2.75) is 45.6 Å². The van der Waals surface area contributed by atoms with Gasteiger partial charge in [0.2, 0.25) is 0 Å². The zero-order valence-corrected chi connectivity index (χ0v) is 9.13. The van der Waals surface area contributed by atoms with Crippen molar-refractivity contribution in [2.75, 3.05) is 6.54 Å². The van der Waals surface area contributed by atoms with Gasteiger partial charge in [-0.1, -0.05) is 0 Å². The highest BCUT2D eigenvalue weighted by atomic mass is 16.6. The lowest BCUT2D eigenvalue weighted by atomic mass is 10.1. The first kappa shape index (κ1) is 13.1. The van der Waals surface area contributed by atoms with Gasteiger partial charge in [-0.2, -0.15) is 0 Å². The molecule has 0 atom stereocenters. The van der Waals surface area contributed by atoms with Gasteiger partial charge in [-0.05, 0) is 27.2 Å². The Morgan fingerprint density at radius 3 is 2.21 bits per heavy atom. The van der Waals surface area contributed by atoms with E-state index in [1.807, 2.05) is 20.8 Å². The van der Waals surface area contributed by atoms with Crippen molar-refractivity contribution >= 4 is 11.8 Å². The molecular formula is C10H19NO3. The van der Waals surface area contributed by atoms with Crippen molar-refractivity contribution in [3.05, 3.63) is 0 Å². The number of nitrogens with two attached hydrogens (primary N) is 1. The lowest BCUT2D eigenvalue weighted by Crippen LogP contribution is -2.24. The number of hydrogen-bond donors (Lipinski definition) is 1. The summed E-state index contributed by atoms with van der Waals surface area (Å²) in [6.45, 7) is 5.50. The molecule has 82 valence electrons. The summed E-state index contributed by atoms with van der Waals surface area (Å²) >= 11 is 0. The fourth-order valence-corrected chi connectivity index (χ4v) is 0.924. The van der Waals surface area contributed by atoms with Crippen LogP contribution in [0.15, 0.2) is 0 Å². The number of hydrogen-bond acceptors (Lipinski definition) is 4. The van der Waals surface area contributed by atoms with Crippen LogP contribution in [-0.2, 0) is 14.3 Å². The van der Waals surface area contributed by atoms with E-state index < -0.39 is 5.60 Å². The summed E-state index contributed by atoms with van der Waals surface area (Å²) in [5, 5.41) is 0. The minimum atomic E-state index is -0.449. The molecule has 0 unspecified atom stereocenters. The quantitative estimate of drug-likeness (QED) is 0.674. The number of ketones is 1. The van der Waals surface area contributed by atoms with E-state index in [1.165, 1.54) is 0 Å². The predicted octanol–water partition coefficient (Wildman–Crippen LogP) is 1.03. The minimum Gasteiger partial charge on any atom is -0.460 e. The van der Waals surface area contributed by atoms with E-state index in [9.17, 15) is 9.59 Å². The Labute approximate surface area is 84.8 Å². The molecule has 0 fully saturated rings. The Morgan fingerprint density at radius 1 is 1.21 bits per heavy atom. The number of carbonyl (C=O) groups excluding carboxylic acids is 2. The molecule has 0 bridgehead atoms. The van der Waals surface area contributed by atoms with Crippen LogP contribution in [0.2, 0.25) is 0 Å². The highest BCUT2D eigenvalue weighted by Crippen LogP contribution is 2.09. The van der Waals surface area contributed by atoms with Crippen molar-refractivity contribution in [3.8, 4) is 0 Å². The molecule has 0 aliphatic carbocycles. The summed E-state index contributed by atoms with van der Waals surface area (Å²) in [6, 6.07) is 0. The molecule has 0 aromatic rings. The lowest BCUT2D eigenvalue weighted by molar-refractivity contribution is -0.154. The third kappa shape index (κ3) is 7.73. The molecule has 0 saturated heterocycles. The van der Waals surface area contributed by atoms with Gasteiger partial charge >= 0.3 is 5.97 Å². The van der Waals surface area contributed by atoms with Crippen LogP contribution in [0.25, 0.3) is 0 Å². The van der Waals surface area contributed by atoms with Crippen molar-refractivity contribution in [1.29, 1.82) is 0 Å². The molecule has 14 heavy (non-hydrogen) atoms. The third-order valence-corrected chi connectivity index (χ3v) is 1.48. The topological polar surface area (TPSA) is 69.4 Å². The average Bonchev–Trinajstić information content (AvgIpc) is 2.00. The minimum absolute atomic E-state index is 0.0199. The van der Waals surface area contributed by atoms with Gasteiger partial charge in [-0.25, -0.2) is 0 Å². The second-order valence-corrected chi connectivity index (χ2v) is 4.18. The highest BCUT2D eigenvalue weighted by molar-refractivity contribution is 5.80. The zero-order valence-electron chi connectivity index (χ0n) is 9.13. The van der Waals surface area contributed by atoms with Gasteiger partial charge in [-0.15, -0.1) is 0 Å². The maximum absolute atomic E-state index is 11.2. The predicted molar refractivity (Wildman–Crippen MR) is 53.8 cm³/mol. The summed E-state index contributed by atoms with van der Waals surface area (Å²) in [5.74, 6) is -0.282. The first-order valence-corrected chi connectivity index (χ1v) is 4.79. The van der Waals surface area contributed by atoms with Gasteiger partial charge in [0, 0.05) is 12.8 Å². The van der Waals surface area contributed by atoms with Crippen molar-refractivity contribution in [3.63, 3.8) is 0 Å². The SMILES string of the molecule is CC(C)(C)OC(=O)CCCC(=O)CN. The molecule has 0 radical (unpaired) electrons. The van der Waals surface area contributed by atoms with E-state index in [-0.39, 0.29) is 24.7 Å². The Kier molecular flexibility index (Phi) is 5.38. The Bertz CT molecular complexity index is 206. The average molecular weight is 201 g/mol. The zero-order chi connectivity index (χ0) is 11.2. The molecule has 4 nitrogen and oxygen atoms in total. The van der Waals surface area contributed by atoms with Crippen LogP contribution in [-0.4, -0.2) is 23.9 Å². The molecule has 4 heteroatoms. The van der Waals surface area contributed by atoms with Gasteiger partial charge in [0.1, 0.15) is 11.4 Å². The van der Waals surface area contributed by atoms with E-state index in [0.717, 1.165) is 0 Å². The summed E-state index contributed by atoms with van der Waals surface area (Å²) < 4.78 is 5.07. The summed E-state index contributed by atoms with van der Waals surface area (Å²) in [7, 11) is 0. The van der Waals surface area contributed by atoms with Crippen LogP contribution in [0, 0.1) is 0 Å². The van der Waals surface area contributed by atoms with Crippen LogP contribution in [0.5, 0.6) is 0 Å². The van der Waals surface area contributed by atoms with Gasteiger partial charge in [0.05, 0.1) is 6.54 Å². The molecule has 0 saturated carbocycles. The van der Waals surface area contributed by atoms with Crippen LogP contribution in [0.3, 0.4) is 0 Å². The van der Waals surface area contributed by atoms with Gasteiger partial charge < -0.3 is 10.5 Å². The number of ether oxygens (including phenoxy) is 1. The third-order valence-electron chi connectivity index (χ3n) is 1.48. The molecule has 0 spiro atoms. The first-order chi connectivity index (χ1) is 6.35. The van der Waals surface area contributed by atoms with E-state index in [4.69, 9.17) is 10.5 Å². The van der Waals surface area contributed by atoms with Crippen molar-refractivity contribution < 1.29 is 14.3 Å². The van der Waals surface area contributed by atoms with Crippen LogP contribution in [0.1, 0.15) is 40.0 Å². The molecule has 0 rings (SSSR count). The molecule has 0 aliphatic heterocycles. The maximum Gasteiger partial charge on any atom is 0.306 e. The van der Waals surface area contributed by atoms with E-state index >= 15 is 0 Å². The Balaban J connectivity index is 3.60. The largest absolute Gasteiger partial charge is 0.460 e. The van der Waals surface area contributed by atoms with E-state index in [2.05, 4.69) is 0 Å². The molecule has 0 amide bonds. The van der Waals surface area contributed by atoms with Gasteiger partial charge in [0.25, 0.3) is 0 Å². The van der Waals surface area contributed by atoms with Crippen molar-refractivity contribution in [2.24, 2.45) is 5.73 Å². The Morgan fingerprint density at radius 2 is 1.79 bits per heavy atom. The van der Waals surface area contributed by atoms with E-state index in [1.54, 1.807) is 0 Å². The fourth-order valence-electron chi connectivity index (χ4n) is 0.924. The molecule has 0 aliphatic rings. The summed E-state index contributed by atoms with van der Waals surface area (Å²) in [4.78, 5) is 22.0. The molecule has 2 N–H and O–H groups in total. The Hall–Kier alpha value is -0.900. The molecule has 0 aromatic carbocycles. The first-order valence-electron chi connectivity index (χ1n) is 4.79. The normalized spacial score (nSPS) is 11.1. The number of esters is 1. The molecule has 0 heterocycles. The van der Waals surface area contributed by atoms with Crippen LogP contribution >= 0.6 is 0 Å². The standard InChI is InChI=1S/C10H19NO3/c1-10(2,3)14-9(13)6-4-5-8(12)7-11/h4-7,11H2,1-3H3.